The van der Waals surface area contributed by atoms with Crippen molar-refractivity contribution in [2.75, 3.05) is 6.26 Å². The molecule has 1 heterocycles. The molecule has 2 aromatic rings. The molecule has 0 spiro atoms. The Balaban J connectivity index is 1.57. The molecule has 2 atom stereocenters. The number of sulfone groups is 1. The molecule has 1 N–H and O–H groups in total. The van der Waals surface area contributed by atoms with E-state index in [0.717, 1.165) is 30.6 Å². The van der Waals surface area contributed by atoms with E-state index in [-0.39, 0.29) is 11.3 Å². The van der Waals surface area contributed by atoms with Crippen LogP contribution in [0.3, 0.4) is 0 Å². The van der Waals surface area contributed by atoms with Gasteiger partial charge in [0.05, 0.1) is 5.25 Å². The maximum absolute atomic E-state index is 11.8. The largest absolute Gasteiger partial charge is 0.439 e. The molecule has 0 radical (unpaired) electrons. The Hall–Kier alpha value is -1.92. The van der Waals surface area contributed by atoms with Crippen LogP contribution in [0.1, 0.15) is 24.8 Å². The fraction of sp³-hybridized carbons (Fsp3) is 0.389. The molecule has 1 aliphatic rings. The van der Waals surface area contributed by atoms with E-state index in [0.29, 0.717) is 12.4 Å². The Labute approximate surface area is 143 Å². The number of benzene rings is 1. The lowest BCUT2D eigenvalue weighted by atomic mass is 10.2. The van der Waals surface area contributed by atoms with E-state index >= 15 is 0 Å². The normalized spacial score (nSPS) is 20.9. The summed E-state index contributed by atoms with van der Waals surface area (Å²) in [5.74, 6) is 1.29. The molecule has 0 amide bonds. The van der Waals surface area contributed by atoms with E-state index in [1.54, 1.807) is 6.20 Å². The molecular weight excluding hydrogens is 324 g/mol. The maximum atomic E-state index is 11.8. The van der Waals surface area contributed by atoms with Crippen molar-refractivity contribution in [3.8, 4) is 11.6 Å². The minimum atomic E-state index is -3.00. The highest BCUT2D eigenvalue weighted by Crippen LogP contribution is 2.25. The predicted octanol–water partition coefficient (Wildman–Crippen LogP) is 2.93. The lowest BCUT2D eigenvalue weighted by Crippen LogP contribution is -2.39. The van der Waals surface area contributed by atoms with E-state index in [2.05, 4.69) is 10.3 Å². The number of hydrogen-bond donors (Lipinski definition) is 1. The zero-order valence-electron chi connectivity index (χ0n) is 13.7. The monoisotopic (exact) mass is 346 g/mol. The highest BCUT2D eigenvalue weighted by atomic mass is 32.2. The summed E-state index contributed by atoms with van der Waals surface area (Å²) >= 11 is 0. The summed E-state index contributed by atoms with van der Waals surface area (Å²) < 4.78 is 29.3. The maximum Gasteiger partial charge on any atom is 0.219 e. The molecule has 0 unspecified atom stereocenters. The van der Waals surface area contributed by atoms with Gasteiger partial charge >= 0.3 is 0 Å². The SMILES string of the molecule is CS(=O)(=O)[C@@H]1CCC[C@@H]1NCc1ccc(Oc2ccccc2)nc1. The van der Waals surface area contributed by atoms with Gasteiger partial charge in [-0.25, -0.2) is 13.4 Å². The van der Waals surface area contributed by atoms with Crippen LogP contribution in [0.25, 0.3) is 0 Å². The van der Waals surface area contributed by atoms with Crippen LogP contribution in [0, 0.1) is 0 Å². The average molecular weight is 346 g/mol. The zero-order chi connectivity index (χ0) is 17.0. The lowest BCUT2D eigenvalue weighted by Gasteiger charge is -2.19. The van der Waals surface area contributed by atoms with Gasteiger partial charge in [0.25, 0.3) is 0 Å². The molecule has 1 fully saturated rings. The second-order valence-corrected chi connectivity index (χ2v) is 8.47. The number of rotatable bonds is 6. The Morgan fingerprint density at radius 3 is 2.62 bits per heavy atom. The summed E-state index contributed by atoms with van der Waals surface area (Å²) in [6.45, 7) is 0.606. The molecule has 1 aliphatic carbocycles. The van der Waals surface area contributed by atoms with Crippen molar-refractivity contribution in [2.45, 2.75) is 37.1 Å². The molecule has 3 rings (SSSR count). The van der Waals surface area contributed by atoms with E-state index in [9.17, 15) is 8.42 Å². The van der Waals surface area contributed by atoms with Gasteiger partial charge in [-0.05, 0) is 30.5 Å². The topological polar surface area (TPSA) is 68.3 Å². The van der Waals surface area contributed by atoms with Crippen LogP contribution in [0.5, 0.6) is 11.6 Å². The van der Waals surface area contributed by atoms with E-state index in [4.69, 9.17) is 4.74 Å². The first kappa shape index (κ1) is 16.9. The summed E-state index contributed by atoms with van der Waals surface area (Å²) in [5, 5.41) is 3.09. The Bertz CT molecular complexity index is 761. The van der Waals surface area contributed by atoms with Gasteiger partial charge in [0.2, 0.25) is 5.88 Å². The molecule has 24 heavy (non-hydrogen) atoms. The third kappa shape index (κ3) is 4.33. The van der Waals surface area contributed by atoms with Crippen LogP contribution in [-0.4, -0.2) is 30.9 Å². The average Bonchev–Trinajstić information content (AvgIpc) is 3.04. The predicted molar refractivity (Wildman–Crippen MR) is 93.9 cm³/mol. The van der Waals surface area contributed by atoms with Gasteiger partial charge in [0, 0.05) is 31.1 Å². The van der Waals surface area contributed by atoms with Gasteiger partial charge in [-0.15, -0.1) is 0 Å². The smallest absolute Gasteiger partial charge is 0.219 e. The van der Waals surface area contributed by atoms with Crippen LogP contribution in [0.15, 0.2) is 48.7 Å². The summed E-state index contributed by atoms with van der Waals surface area (Å²) in [5.41, 5.74) is 1.01. The molecule has 5 nitrogen and oxygen atoms in total. The van der Waals surface area contributed by atoms with Gasteiger partial charge in [0.15, 0.2) is 9.84 Å². The number of para-hydroxylation sites is 1. The first-order valence-corrected chi connectivity index (χ1v) is 10.1. The number of nitrogens with zero attached hydrogens (tertiary/aromatic N) is 1. The first-order chi connectivity index (χ1) is 11.5. The van der Waals surface area contributed by atoms with Crippen molar-refractivity contribution < 1.29 is 13.2 Å². The summed E-state index contributed by atoms with van der Waals surface area (Å²) in [6, 6.07) is 13.3. The van der Waals surface area contributed by atoms with Gasteiger partial charge in [-0.3, -0.25) is 0 Å². The van der Waals surface area contributed by atoms with Crippen molar-refractivity contribution in [3.05, 3.63) is 54.2 Å². The van der Waals surface area contributed by atoms with Crippen LogP contribution in [0.4, 0.5) is 0 Å². The van der Waals surface area contributed by atoms with Crippen LogP contribution >= 0.6 is 0 Å². The molecule has 6 heteroatoms. The van der Waals surface area contributed by atoms with E-state index in [1.807, 2.05) is 42.5 Å². The number of ether oxygens (including phenoxy) is 1. The third-order valence-electron chi connectivity index (χ3n) is 4.33. The van der Waals surface area contributed by atoms with Crippen LogP contribution < -0.4 is 10.1 Å². The van der Waals surface area contributed by atoms with Crippen molar-refractivity contribution in [2.24, 2.45) is 0 Å². The molecule has 1 saturated carbocycles. The zero-order valence-corrected chi connectivity index (χ0v) is 14.5. The highest BCUT2D eigenvalue weighted by molar-refractivity contribution is 7.91. The second-order valence-electron chi connectivity index (χ2n) is 6.21. The van der Waals surface area contributed by atoms with Crippen molar-refractivity contribution >= 4 is 9.84 Å². The number of hydrogen-bond acceptors (Lipinski definition) is 5. The fourth-order valence-corrected chi connectivity index (χ4v) is 4.53. The minimum Gasteiger partial charge on any atom is -0.439 e. The minimum absolute atomic E-state index is 0.0280. The number of aromatic nitrogens is 1. The molecular formula is C18H22N2O3S. The molecule has 1 aromatic heterocycles. The summed E-state index contributed by atoms with van der Waals surface area (Å²) in [4.78, 5) is 4.31. The quantitative estimate of drug-likeness (QED) is 0.871. The fourth-order valence-electron chi connectivity index (χ4n) is 3.11. The van der Waals surface area contributed by atoms with E-state index < -0.39 is 9.84 Å². The molecule has 0 bridgehead atoms. The lowest BCUT2D eigenvalue weighted by molar-refractivity contribution is 0.461. The Morgan fingerprint density at radius 2 is 1.96 bits per heavy atom. The number of pyridine rings is 1. The summed E-state index contributed by atoms with van der Waals surface area (Å²) in [7, 11) is -3.00. The highest BCUT2D eigenvalue weighted by Gasteiger charge is 2.34. The van der Waals surface area contributed by atoms with Gasteiger partial charge < -0.3 is 10.1 Å². The standard InChI is InChI=1S/C18H22N2O3S/c1-24(21,22)17-9-5-8-16(17)19-12-14-10-11-18(20-13-14)23-15-6-3-2-4-7-15/h2-4,6-7,10-11,13,16-17,19H,5,8-9,12H2,1H3/t16-,17+/m0/s1. The van der Waals surface area contributed by atoms with Crippen LogP contribution in [0.2, 0.25) is 0 Å². The summed E-state index contributed by atoms with van der Waals surface area (Å²) in [6.07, 6.45) is 5.70. The van der Waals surface area contributed by atoms with Crippen molar-refractivity contribution in [1.82, 2.24) is 10.3 Å². The van der Waals surface area contributed by atoms with Crippen molar-refractivity contribution in [3.63, 3.8) is 0 Å². The van der Waals surface area contributed by atoms with Crippen LogP contribution in [-0.2, 0) is 16.4 Å². The molecule has 0 saturated heterocycles. The first-order valence-electron chi connectivity index (χ1n) is 8.12. The Kier molecular flexibility index (Phi) is 5.16. The molecule has 0 aliphatic heterocycles. The van der Waals surface area contributed by atoms with Crippen molar-refractivity contribution in [1.29, 1.82) is 0 Å². The second kappa shape index (κ2) is 7.32. The molecule has 1 aromatic carbocycles. The van der Waals surface area contributed by atoms with E-state index in [1.165, 1.54) is 6.26 Å². The van der Waals surface area contributed by atoms with Gasteiger partial charge in [0.1, 0.15) is 5.75 Å². The Morgan fingerprint density at radius 1 is 1.17 bits per heavy atom. The number of nitrogens with one attached hydrogen (secondary N) is 1. The molecule has 128 valence electrons. The third-order valence-corrected chi connectivity index (χ3v) is 6.00. The van der Waals surface area contributed by atoms with Gasteiger partial charge in [-0.1, -0.05) is 30.7 Å². The van der Waals surface area contributed by atoms with Gasteiger partial charge in [-0.2, -0.15) is 0 Å².